The summed E-state index contributed by atoms with van der Waals surface area (Å²) in [7, 11) is 0. The van der Waals surface area contributed by atoms with Crippen LogP contribution in [0.2, 0.25) is 0 Å². The molecule has 1 unspecified atom stereocenters. The first-order valence-corrected chi connectivity index (χ1v) is 8.80. The zero-order valence-electron chi connectivity index (χ0n) is 14.4. The number of ketones is 1. The van der Waals surface area contributed by atoms with Crippen molar-refractivity contribution in [3.05, 3.63) is 64.7 Å². The molecule has 26 heavy (non-hydrogen) atoms. The minimum absolute atomic E-state index is 0.0952. The SMILES string of the molecule is Cc1ccc(-c2nnc(SC(C)C(=O)c3ccc(F)c(F)c3)o2)cc1C. The molecule has 0 aliphatic rings. The first-order chi connectivity index (χ1) is 12.3. The molecule has 1 heterocycles. The summed E-state index contributed by atoms with van der Waals surface area (Å²) in [5.41, 5.74) is 3.16. The van der Waals surface area contributed by atoms with Crippen molar-refractivity contribution in [2.24, 2.45) is 0 Å². The Labute approximate surface area is 153 Å². The van der Waals surface area contributed by atoms with E-state index in [1.165, 1.54) is 6.07 Å². The van der Waals surface area contributed by atoms with E-state index in [1.807, 2.05) is 32.0 Å². The van der Waals surface area contributed by atoms with Gasteiger partial charge in [0.15, 0.2) is 17.4 Å². The second-order valence-corrected chi connectivity index (χ2v) is 7.22. The fourth-order valence-corrected chi connectivity index (χ4v) is 3.10. The molecular formula is C19H16F2N2O2S. The highest BCUT2D eigenvalue weighted by molar-refractivity contribution is 8.00. The molecule has 134 valence electrons. The lowest BCUT2D eigenvalue weighted by molar-refractivity contribution is 0.0993. The number of Topliss-reactive ketones (excluding diaryl/α,β-unsaturated/α-hetero) is 1. The fraction of sp³-hybridized carbons (Fsp3) is 0.211. The molecule has 0 bridgehead atoms. The largest absolute Gasteiger partial charge is 0.411 e. The van der Waals surface area contributed by atoms with Gasteiger partial charge in [-0.05, 0) is 62.2 Å². The van der Waals surface area contributed by atoms with Crippen LogP contribution in [0.4, 0.5) is 8.78 Å². The lowest BCUT2D eigenvalue weighted by Gasteiger charge is -2.07. The molecular weight excluding hydrogens is 358 g/mol. The molecule has 0 fully saturated rings. The Kier molecular flexibility index (Phi) is 5.18. The monoisotopic (exact) mass is 374 g/mol. The van der Waals surface area contributed by atoms with Crippen LogP contribution in [0.25, 0.3) is 11.5 Å². The number of carbonyl (C=O) groups is 1. The van der Waals surface area contributed by atoms with Crippen molar-refractivity contribution in [3.63, 3.8) is 0 Å². The van der Waals surface area contributed by atoms with Crippen molar-refractivity contribution in [3.8, 4) is 11.5 Å². The number of aryl methyl sites for hydroxylation is 2. The van der Waals surface area contributed by atoms with Crippen LogP contribution in [0.5, 0.6) is 0 Å². The summed E-state index contributed by atoms with van der Waals surface area (Å²) in [6.07, 6.45) is 0. The zero-order valence-corrected chi connectivity index (χ0v) is 15.2. The van der Waals surface area contributed by atoms with Gasteiger partial charge < -0.3 is 4.42 Å². The van der Waals surface area contributed by atoms with Gasteiger partial charge in [-0.2, -0.15) is 0 Å². The summed E-state index contributed by atoms with van der Waals surface area (Å²) >= 11 is 1.07. The lowest BCUT2D eigenvalue weighted by Crippen LogP contribution is -2.14. The van der Waals surface area contributed by atoms with Gasteiger partial charge in [0.25, 0.3) is 5.22 Å². The molecule has 0 amide bonds. The van der Waals surface area contributed by atoms with E-state index < -0.39 is 16.9 Å². The standard InChI is InChI=1S/C19H16F2N2O2S/c1-10-4-5-14(8-11(10)2)18-22-23-19(25-18)26-12(3)17(24)13-6-7-15(20)16(21)9-13/h4-9,12H,1-3H3. The Morgan fingerprint density at radius 1 is 1.04 bits per heavy atom. The minimum atomic E-state index is -1.05. The molecule has 3 rings (SSSR count). The van der Waals surface area contributed by atoms with E-state index in [9.17, 15) is 13.6 Å². The van der Waals surface area contributed by atoms with E-state index in [0.717, 1.165) is 40.6 Å². The molecule has 0 aliphatic heterocycles. The maximum Gasteiger partial charge on any atom is 0.277 e. The summed E-state index contributed by atoms with van der Waals surface area (Å²) in [5.74, 6) is -2.03. The average Bonchev–Trinajstić information content (AvgIpc) is 3.07. The van der Waals surface area contributed by atoms with E-state index in [0.29, 0.717) is 5.89 Å². The molecule has 0 aliphatic carbocycles. The highest BCUT2D eigenvalue weighted by Crippen LogP contribution is 2.28. The summed E-state index contributed by atoms with van der Waals surface area (Å²) in [4.78, 5) is 12.4. The first kappa shape index (κ1) is 18.3. The van der Waals surface area contributed by atoms with E-state index in [-0.39, 0.29) is 16.6 Å². The fourth-order valence-electron chi connectivity index (χ4n) is 2.34. The van der Waals surface area contributed by atoms with Gasteiger partial charge in [-0.3, -0.25) is 4.79 Å². The van der Waals surface area contributed by atoms with Crippen LogP contribution < -0.4 is 0 Å². The highest BCUT2D eigenvalue weighted by atomic mass is 32.2. The quantitative estimate of drug-likeness (QED) is 0.465. The molecule has 0 N–H and O–H groups in total. The van der Waals surface area contributed by atoms with Gasteiger partial charge >= 0.3 is 0 Å². The van der Waals surface area contributed by atoms with Gasteiger partial charge in [0.1, 0.15) is 0 Å². The molecule has 0 saturated heterocycles. The third kappa shape index (κ3) is 3.83. The van der Waals surface area contributed by atoms with Crippen LogP contribution in [0.1, 0.15) is 28.4 Å². The van der Waals surface area contributed by atoms with Gasteiger partial charge in [0.05, 0.1) is 5.25 Å². The molecule has 0 spiro atoms. The summed E-state index contributed by atoms with van der Waals surface area (Å²) in [6.45, 7) is 5.65. The normalized spacial score (nSPS) is 12.2. The number of benzene rings is 2. The molecule has 1 atom stereocenters. The lowest BCUT2D eigenvalue weighted by atomic mass is 10.1. The van der Waals surface area contributed by atoms with Crippen molar-refractivity contribution in [1.82, 2.24) is 10.2 Å². The molecule has 0 saturated carbocycles. The predicted octanol–water partition coefficient (Wildman–Crippen LogP) is 5.00. The van der Waals surface area contributed by atoms with Crippen molar-refractivity contribution in [2.75, 3.05) is 0 Å². The van der Waals surface area contributed by atoms with E-state index >= 15 is 0 Å². The number of halogens is 2. The molecule has 3 aromatic rings. The number of carbonyl (C=O) groups excluding carboxylic acids is 1. The van der Waals surface area contributed by atoms with Crippen LogP contribution in [-0.4, -0.2) is 21.2 Å². The summed E-state index contributed by atoms with van der Waals surface area (Å²) in [5, 5.41) is 7.61. The first-order valence-electron chi connectivity index (χ1n) is 7.92. The molecule has 4 nitrogen and oxygen atoms in total. The Balaban J connectivity index is 1.74. The van der Waals surface area contributed by atoms with E-state index in [1.54, 1.807) is 6.92 Å². The number of hydrogen-bond acceptors (Lipinski definition) is 5. The number of aromatic nitrogens is 2. The number of nitrogens with zero attached hydrogens (tertiary/aromatic N) is 2. The Morgan fingerprint density at radius 2 is 1.81 bits per heavy atom. The van der Waals surface area contributed by atoms with Gasteiger partial charge in [0, 0.05) is 11.1 Å². The minimum Gasteiger partial charge on any atom is -0.411 e. The highest BCUT2D eigenvalue weighted by Gasteiger charge is 2.21. The molecule has 0 radical (unpaired) electrons. The average molecular weight is 374 g/mol. The van der Waals surface area contributed by atoms with Crippen LogP contribution in [0, 0.1) is 25.5 Å². The van der Waals surface area contributed by atoms with Crippen LogP contribution in [-0.2, 0) is 0 Å². The van der Waals surface area contributed by atoms with Gasteiger partial charge in [-0.25, -0.2) is 8.78 Å². The van der Waals surface area contributed by atoms with Gasteiger partial charge in [0.2, 0.25) is 5.89 Å². The van der Waals surface area contributed by atoms with Crippen molar-refractivity contribution in [2.45, 2.75) is 31.2 Å². The summed E-state index contributed by atoms with van der Waals surface area (Å²) in [6, 6.07) is 8.89. The maximum atomic E-state index is 13.3. The van der Waals surface area contributed by atoms with E-state index in [4.69, 9.17) is 4.42 Å². The second kappa shape index (κ2) is 7.37. The predicted molar refractivity (Wildman–Crippen MR) is 95.2 cm³/mol. The van der Waals surface area contributed by atoms with Crippen molar-refractivity contribution >= 4 is 17.5 Å². The number of hydrogen-bond donors (Lipinski definition) is 0. The van der Waals surface area contributed by atoms with E-state index in [2.05, 4.69) is 10.2 Å². The number of thioether (sulfide) groups is 1. The Bertz CT molecular complexity index is 972. The summed E-state index contributed by atoms with van der Waals surface area (Å²) < 4.78 is 31.9. The zero-order chi connectivity index (χ0) is 18.8. The van der Waals surface area contributed by atoms with Crippen LogP contribution in [0.15, 0.2) is 46.0 Å². The van der Waals surface area contributed by atoms with Crippen LogP contribution in [0.3, 0.4) is 0 Å². The van der Waals surface area contributed by atoms with Crippen molar-refractivity contribution < 1.29 is 18.0 Å². The molecule has 1 aromatic heterocycles. The maximum absolute atomic E-state index is 13.3. The smallest absolute Gasteiger partial charge is 0.277 e. The van der Waals surface area contributed by atoms with Gasteiger partial charge in [-0.1, -0.05) is 17.8 Å². The van der Waals surface area contributed by atoms with Crippen LogP contribution >= 0.6 is 11.8 Å². The Morgan fingerprint density at radius 3 is 2.50 bits per heavy atom. The van der Waals surface area contributed by atoms with Crippen molar-refractivity contribution in [1.29, 1.82) is 0 Å². The second-order valence-electron chi connectivity index (χ2n) is 5.93. The Hall–Kier alpha value is -2.54. The topological polar surface area (TPSA) is 56.0 Å². The van der Waals surface area contributed by atoms with Gasteiger partial charge in [-0.15, -0.1) is 10.2 Å². The molecule has 7 heteroatoms. The molecule has 2 aromatic carbocycles. The third-order valence-corrected chi connectivity index (χ3v) is 4.95. The third-order valence-electron chi connectivity index (χ3n) is 4.01. The number of rotatable bonds is 5.